The highest BCUT2D eigenvalue weighted by atomic mass is 15.2. The molecule has 0 amide bonds. The summed E-state index contributed by atoms with van der Waals surface area (Å²) in [4.78, 5) is 10.7. The molecule has 0 spiro atoms. The maximum Gasteiger partial charge on any atom is 0.235 e. The summed E-state index contributed by atoms with van der Waals surface area (Å²) >= 11 is 0. The van der Waals surface area contributed by atoms with Crippen LogP contribution >= 0.6 is 0 Å². The second-order valence-electron chi connectivity index (χ2n) is 13.0. The summed E-state index contributed by atoms with van der Waals surface area (Å²) in [7, 11) is 0. The second-order valence-corrected chi connectivity index (χ2v) is 13.0. The zero-order valence-electron chi connectivity index (χ0n) is 26.4. The molecule has 11 rings (SSSR count). The Morgan fingerprint density at radius 1 is 0.347 bits per heavy atom. The molecule has 0 radical (unpaired) electrons. The van der Waals surface area contributed by atoms with Crippen molar-refractivity contribution < 1.29 is 0 Å². The number of hydrogen-bond acceptors (Lipinski definition) is 2. The molecule has 0 aliphatic rings. The Labute approximate surface area is 281 Å². The summed E-state index contributed by atoms with van der Waals surface area (Å²) in [6.07, 6.45) is 0. The van der Waals surface area contributed by atoms with Gasteiger partial charge in [0.2, 0.25) is 5.95 Å². The molecule has 0 fully saturated rings. The summed E-state index contributed by atoms with van der Waals surface area (Å²) in [5.74, 6) is 0.670. The number of aromatic nitrogens is 3. The maximum atomic E-state index is 5.42. The Morgan fingerprint density at radius 3 is 1.80 bits per heavy atom. The van der Waals surface area contributed by atoms with Crippen LogP contribution < -0.4 is 0 Å². The molecule has 2 aromatic heterocycles. The molecule has 2 heterocycles. The van der Waals surface area contributed by atoms with Gasteiger partial charge < -0.3 is 0 Å². The van der Waals surface area contributed by atoms with Crippen molar-refractivity contribution in [2.24, 2.45) is 0 Å². The predicted molar refractivity (Wildman–Crippen MR) is 207 cm³/mol. The van der Waals surface area contributed by atoms with E-state index in [2.05, 4.69) is 168 Å². The predicted octanol–water partition coefficient (Wildman–Crippen LogP) is 12.2. The van der Waals surface area contributed by atoms with E-state index < -0.39 is 0 Å². The van der Waals surface area contributed by atoms with E-state index in [1.165, 1.54) is 64.6 Å². The van der Waals surface area contributed by atoms with Crippen LogP contribution in [0.25, 0.3) is 104 Å². The van der Waals surface area contributed by atoms with E-state index in [0.717, 1.165) is 33.2 Å². The number of benzene rings is 9. The van der Waals surface area contributed by atoms with Crippen molar-refractivity contribution in [1.82, 2.24) is 14.5 Å². The molecule has 3 heteroatoms. The molecule has 3 nitrogen and oxygen atoms in total. The molecule has 11 aromatic rings. The van der Waals surface area contributed by atoms with Crippen LogP contribution in [-0.2, 0) is 0 Å². The van der Waals surface area contributed by atoms with Gasteiger partial charge in [-0.2, -0.15) is 0 Å². The highest BCUT2D eigenvalue weighted by Gasteiger charge is 2.20. The Balaban J connectivity index is 1.23. The lowest BCUT2D eigenvalue weighted by molar-refractivity contribution is 1.01. The molecular formula is C46H27N3. The summed E-state index contributed by atoms with van der Waals surface area (Å²) in [5.41, 5.74) is 5.12. The van der Waals surface area contributed by atoms with Crippen LogP contribution in [0.2, 0.25) is 0 Å². The van der Waals surface area contributed by atoms with Crippen molar-refractivity contribution in [1.29, 1.82) is 0 Å². The first-order valence-electron chi connectivity index (χ1n) is 16.8. The second kappa shape index (κ2) is 9.96. The average molecular weight is 622 g/mol. The van der Waals surface area contributed by atoms with Crippen molar-refractivity contribution in [3.8, 4) is 17.2 Å². The van der Waals surface area contributed by atoms with Crippen molar-refractivity contribution in [2.75, 3.05) is 0 Å². The van der Waals surface area contributed by atoms with Crippen LogP contribution in [-0.4, -0.2) is 14.5 Å². The first-order valence-corrected chi connectivity index (χ1v) is 16.8. The van der Waals surface area contributed by atoms with Crippen LogP contribution in [0, 0.1) is 0 Å². The molecule has 226 valence electrons. The van der Waals surface area contributed by atoms with Gasteiger partial charge in [-0.05, 0) is 78.1 Å². The first-order chi connectivity index (χ1) is 24.3. The Morgan fingerprint density at radius 2 is 0.939 bits per heavy atom. The van der Waals surface area contributed by atoms with E-state index in [1.54, 1.807) is 0 Å². The van der Waals surface area contributed by atoms with Gasteiger partial charge in [0, 0.05) is 21.7 Å². The van der Waals surface area contributed by atoms with Gasteiger partial charge in [-0.25, -0.2) is 9.97 Å². The van der Waals surface area contributed by atoms with Crippen molar-refractivity contribution >= 4 is 86.6 Å². The van der Waals surface area contributed by atoms with E-state index >= 15 is 0 Å². The van der Waals surface area contributed by atoms with E-state index in [4.69, 9.17) is 9.97 Å². The van der Waals surface area contributed by atoms with Gasteiger partial charge in [0.15, 0.2) is 0 Å². The normalized spacial score (nSPS) is 12.1. The highest BCUT2D eigenvalue weighted by molar-refractivity contribution is 6.29. The molecule has 0 aliphatic carbocycles. The van der Waals surface area contributed by atoms with E-state index in [-0.39, 0.29) is 0 Å². The van der Waals surface area contributed by atoms with E-state index in [1.807, 2.05) is 0 Å². The van der Waals surface area contributed by atoms with Crippen molar-refractivity contribution in [3.05, 3.63) is 164 Å². The molecule has 0 N–H and O–H groups in total. The van der Waals surface area contributed by atoms with Crippen molar-refractivity contribution in [2.45, 2.75) is 0 Å². The quantitative estimate of drug-likeness (QED) is 0.180. The highest BCUT2D eigenvalue weighted by Crippen LogP contribution is 2.41. The fraction of sp³-hybridized carbons (Fsp3) is 0. The molecule has 0 bridgehead atoms. The summed E-state index contributed by atoms with van der Waals surface area (Å²) < 4.78 is 2.25. The topological polar surface area (TPSA) is 30.7 Å². The standard InChI is InChI=1S/C46H27N3/c1-3-11-33-28(9-1)17-18-30-20-22-32(27-39(30)33)45-37-13-5-7-15-40(37)47-46(48-45)49-41-16-8-6-14-38(41)44-36-24-23-31-21-19-29-10-2-4-12-34(29)43(31)35(36)25-26-42(44)49/h1-27H. The van der Waals surface area contributed by atoms with E-state index in [9.17, 15) is 0 Å². The minimum absolute atomic E-state index is 0.670. The van der Waals surface area contributed by atoms with Gasteiger partial charge in [-0.1, -0.05) is 140 Å². The maximum absolute atomic E-state index is 5.42. The lowest BCUT2D eigenvalue weighted by Crippen LogP contribution is -2.03. The molecule has 0 aliphatic heterocycles. The van der Waals surface area contributed by atoms with Crippen molar-refractivity contribution in [3.63, 3.8) is 0 Å². The summed E-state index contributed by atoms with van der Waals surface area (Å²) in [5, 5.41) is 15.9. The van der Waals surface area contributed by atoms with Gasteiger partial charge in [0.05, 0.1) is 22.2 Å². The van der Waals surface area contributed by atoms with Crippen LogP contribution in [0.5, 0.6) is 0 Å². The Kier molecular flexibility index (Phi) is 5.38. The van der Waals surface area contributed by atoms with Gasteiger partial charge in [0.1, 0.15) is 0 Å². The Bertz CT molecular complexity index is 3170. The van der Waals surface area contributed by atoms with Gasteiger partial charge >= 0.3 is 0 Å². The smallest absolute Gasteiger partial charge is 0.235 e. The molecule has 0 atom stereocenters. The van der Waals surface area contributed by atoms with Gasteiger partial charge in [0.25, 0.3) is 0 Å². The molecule has 49 heavy (non-hydrogen) atoms. The van der Waals surface area contributed by atoms with Gasteiger partial charge in [-0.15, -0.1) is 0 Å². The third-order valence-corrected chi connectivity index (χ3v) is 10.4. The van der Waals surface area contributed by atoms with Crippen LogP contribution in [0.4, 0.5) is 0 Å². The molecule has 0 saturated carbocycles. The molecule has 9 aromatic carbocycles. The van der Waals surface area contributed by atoms with E-state index in [0.29, 0.717) is 5.95 Å². The fourth-order valence-corrected chi connectivity index (χ4v) is 8.13. The monoisotopic (exact) mass is 621 g/mol. The third-order valence-electron chi connectivity index (χ3n) is 10.4. The zero-order valence-corrected chi connectivity index (χ0v) is 26.4. The average Bonchev–Trinajstić information content (AvgIpc) is 3.51. The fourth-order valence-electron chi connectivity index (χ4n) is 8.13. The third kappa shape index (κ3) is 3.78. The van der Waals surface area contributed by atoms with Crippen LogP contribution in [0.1, 0.15) is 0 Å². The molecular weight excluding hydrogens is 595 g/mol. The van der Waals surface area contributed by atoms with Crippen LogP contribution in [0.3, 0.4) is 0 Å². The first kappa shape index (κ1) is 26.5. The molecule has 0 saturated heterocycles. The number of para-hydroxylation sites is 2. The molecule has 0 unspecified atom stereocenters. The number of hydrogen-bond donors (Lipinski definition) is 0. The minimum atomic E-state index is 0.670. The Hall–Kier alpha value is -6.58. The van der Waals surface area contributed by atoms with Gasteiger partial charge in [-0.3, -0.25) is 4.57 Å². The summed E-state index contributed by atoms with van der Waals surface area (Å²) in [6.45, 7) is 0. The number of fused-ring (bicyclic) bond motifs is 13. The zero-order chi connectivity index (χ0) is 32.1. The minimum Gasteiger partial charge on any atom is -0.278 e. The lowest BCUT2D eigenvalue weighted by Gasteiger charge is -2.13. The number of nitrogens with zero attached hydrogens (tertiary/aromatic N) is 3. The van der Waals surface area contributed by atoms with Crippen LogP contribution in [0.15, 0.2) is 164 Å². The lowest BCUT2D eigenvalue weighted by atomic mass is 9.94. The largest absolute Gasteiger partial charge is 0.278 e. The number of rotatable bonds is 2. The summed E-state index contributed by atoms with van der Waals surface area (Å²) in [6, 6.07) is 59.0. The SMILES string of the molecule is c1ccc2c(c1)ccc1ccc(-c3nc(-n4c5ccccc5c5c6ccc7ccc8ccccc8c7c6ccc54)nc4ccccc34)cc12.